The molecule has 1 rings (SSSR count). The molecule has 0 aromatic heterocycles. The average Bonchev–Trinajstić information content (AvgIpc) is 2.16. The predicted molar refractivity (Wildman–Crippen MR) is 64.0 cm³/mol. The molecule has 0 aliphatic carbocycles. The van der Waals surface area contributed by atoms with Crippen molar-refractivity contribution in [3.8, 4) is 0 Å². The van der Waals surface area contributed by atoms with E-state index in [0.717, 1.165) is 19.8 Å². The number of rotatable bonds is 5. The third-order valence-corrected chi connectivity index (χ3v) is 3.77. The van der Waals surface area contributed by atoms with Crippen molar-refractivity contribution in [1.29, 1.82) is 0 Å². The zero-order valence-corrected chi connectivity index (χ0v) is 10.4. The summed E-state index contributed by atoms with van der Waals surface area (Å²) >= 11 is 2.05. The summed E-state index contributed by atoms with van der Waals surface area (Å²) in [5.74, 6) is 0. The lowest BCUT2D eigenvalue weighted by molar-refractivity contribution is 0.0832. The lowest BCUT2D eigenvalue weighted by atomic mass is 10.1. The first kappa shape index (κ1) is 12.3. The van der Waals surface area contributed by atoms with E-state index in [4.69, 9.17) is 4.74 Å². The normalized spacial score (nSPS) is 28.3. The summed E-state index contributed by atoms with van der Waals surface area (Å²) in [6.07, 6.45) is 2.39. The number of ether oxygens (including phenoxy) is 1. The highest BCUT2D eigenvalue weighted by molar-refractivity contribution is 8.00. The SMILES string of the molecule is CCCNC1CCOCC1SC(C)C. The molecule has 2 unspecified atom stereocenters. The summed E-state index contributed by atoms with van der Waals surface area (Å²) in [6.45, 7) is 9.73. The van der Waals surface area contributed by atoms with Crippen LogP contribution in [-0.2, 0) is 4.74 Å². The topological polar surface area (TPSA) is 21.3 Å². The van der Waals surface area contributed by atoms with E-state index < -0.39 is 0 Å². The second-order valence-corrected chi connectivity index (χ2v) is 5.97. The lowest BCUT2D eigenvalue weighted by Gasteiger charge is -2.32. The van der Waals surface area contributed by atoms with Crippen LogP contribution in [0.4, 0.5) is 0 Å². The highest BCUT2D eigenvalue weighted by atomic mass is 32.2. The fourth-order valence-electron chi connectivity index (χ4n) is 1.76. The van der Waals surface area contributed by atoms with Gasteiger partial charge in [-0.2, -0.15) is 11.8 Å². The molecule has 1 fully saturated rings. The molecule has 0 bridgehead atoms. The Labute approximate surface area is 92.2 Å². The average molecular weight is 217 g/mol. The van der Waals surface area contributed by atoms with Crippen LogP contribution in [0.5, 0.6) is 0 Å². The van der Waals surface area contributed by atoms with Crippen LogP contribution in [0.3, 0.4) is 0 Å². The van der Waals surface area contributed by atoms with E-state index in [2.05, 4.69) is 26.1 Å². The zero-order valence-electron chi connectivity index (χ0n) is 9.58. The summed E-state index contributed by atoms with van der Waals surface area (Å²) in [5, 5.41) is 4.98. The van der Waals surface area contributed by atoms with Gasteiger partial charge in [-0.1, -0.05) is 20.8 Å². The summed E-state index contributed by atoms with van der Waals surface area (Å²) in [5.41, 5.74) is 0. The summed E-state index contributed by atoms with van der Waals surface area (Å²) in [7, 11) is 0. The van der Waals surface area contributed by atoms with Gasteiger partial charge in [0.25, 0.3) is 0 Å². The second kappa shape index (κ2) is 6.70. The van der Waals surface area contributed by atoms with Crippen LogP contribution < -0.4 is 5.32 Å². The molecule has 1 heterocycles. The third kappa shape index (κ3) is 4.20. The number of nitrogens with one attached hydrogen (secondary N) is 1. The van der Waals surface area contributed by atoms with Gasteiger partial charge < -0.3 is 10.1 Å². The minimum absolute atomic E-state index is 0.648. The first-order valence-corrected chi connectivity index (χ1v) is 6.65. The van der Waals surface area contributed by atoms with Gasteiger partial charge in [0.1, 0.15) is 0 Å². The zero-order chi connectivity index (χ0) is 10.4. The van der Waals surface area contributed by atoms with Crippen molar-refractivity contribution in [2.24, 2.45) is 0 Å². The fraction of sp³-hybridized carbons (Fsp3) is 1.00. The van der Waals surface area contributed by atoms with E-state index in [1.54, 1.807) is 0 Å². The van der Waals surface area contributed by atoms with Crippen LogP contribution in [0.1, 0.15) is 33.6 Å². The maximum Gasteiger partial charge on any atom is 0.0600 e. The van der Waals surface area contributed by atoms with Gasteiger partial charge in [0.05, 0.1) is 6.61 Å². The fourth-order valence-corrected chi connectivity index (χ4v) is 3.05. The van der Waals surface area contributed by atoms with Crippen LogP contribution in [0, 0.1) is 0 Å². The molecule has 0 aromatic rings. The van der Waals surface area contributed by atoms with Crippen molar-refractivity contribution in [2.45, 2.75) is 50.2 Å². The van der Waals surface area contributed by atoms with Gasteiger partial charge >= 0.3 is 0 Å². The minimum atomic E-state index is 0.648. The van der Waals surface area contributed by atoms with E-state index in [9.17, 15) is 0 Å². The van der Waals surface area contributed by atoms with Crippen molar-refractivity contribution in [3.05, 3.63) is 0 Å². The minimum Gasteiger partial charge on any atom is -0.380 e. The van der Waals surface area contributed by atoms with Gasteiger partial charge in [0, 0.05) is 17.9 Å². The Morgan fingerprint density at radius 3 is 2.93 bits per heavy atom. The standard InChI is InChI=1S/C11H23NOS/c1-4-6-12-10-5-7-13-8-11(10)14-9(2)3/h9-12H,4-8H2,1-3H3. The molecule has 1 N–H and O–H groups in total. The maximum atomic E-state index is 5.53. The van der Waals surface area contributed by atoms with Crippen molar-refractivity contribution in [1.82, 2.24) is 5.32 Å². The Hall–Kier alpha value is 0.270. The first-order valence-electron chi connectivity index (χ1n) is 5.70. The van der Waals surface area contributed by atoms with Crippen molar-refractivity contribution in [3.63, 3.8) is 0 Å². The van der Waals surface area contributed by atoms with E-state index in [1.165, 1.54) is 12.8 Å². The Bertz CT molecular complexity index is 152. The quantitative estimate of drug-likeness (QED) is 0.763. The molecule has 84 valence electrons. The molecular weight excluding hydrogens is 194 g/mol. The highest BCUT2D eigenvalue weighted by Gasteiger charge is 2.26. The largest absolute Gasteiger partial charge is 0.380 e. The molecule has 0 radical (unpaired) electrons. The summed E-state index contributed by atoms with van der Waals surface area (Å²) in [4.78, 5) is 0. The molecule has 2 atom stereocenters. The van der Waals surface area contributed by atoms with Crippen molar-refractivity contribution >= 4 is 11.8 Å². The van der Waals surface area contributed by atoms with Crippen molar-refractivity contribution in [2.75, 3.05) is 19.8 Å². The molecule has 0 amide bonds. The Morgan fingerprint density at radius 1 is 1.50 bits per heavy atom. The van der Waals surface area contributed by atoms with Crippen LogP contribution >= 0.6 is 11.8 Å². The molecule has 1 aliphatic heterocycles. The van der Waals surface area contributed by atoms with E-state index in [-0.39, 0.29) is 0 Å². The van der Waals surface area contributed by atoms with Gasteiger partial charge in [-0.25, -0.2) is 0 Å². The highest BCUT2D eigenvalue weighted by Crippen LogP contribution is 2.25. The smallest absolute Gasteiger partial charge is 0.0600 e. The number of hydrogen-bond donors (Lipinski definition) is 1. The molecule has 2 nitrogen and oxygen atoms in total. The van der Waals surface area contributed by atoms with E-state index >= 15 is 0 Å². The maximum absolute atomic E-state index is 5.53. The second-order valence-electron chi connectivity index (χ2n) is 4.15. The van der Waals surface area contributed by atoms with Gasteiger partial charge in [-0.15, -0.1) is 0 Å². The molecule has 3 heteroatoms. The van der Waals surface area contributed by atoms with Crippen LogP contribution in [0.15, 0.2) is 0 Å². The van der Waals surface area contributed by atoms with E-state index in [1.807, 2.05) is 11.8 Å². The summed E-state index contributed by atoms with van der Waals surface area (Å²) < 4.78 is 5.53. The van der Waals surface area contributed by atoms with Gasteiger partial charge in [0.2, 0.25) is 0 Å². The molecule has 0 aromatic carbocycles. The van der Waals surface area contributed by atoms with Gasteiger partial charge in [-0.05, 0) is 24.6 Å². The van der Waals surface area contributed by atoms with Crippen LogP contribution in [-0.4, -0.2) is 36.3 Å². The molecule has 1 saturated heterocycles. The third-order valence-electron chi connectivity index (χ3n) is 2.41. The Morgan fingerprint density at radius 2 is 2.29 bits per heavy atom. The van der Waals surface area contributed by atoms with Gasteiger partial charge in [0.15, 0.2) is 0 Å². The van der Waals surface area contributed by atoms with Crippen LogP contribution in [0.25, 0.3) is 0 Å². The van der Waals surface area contributed by atoms with E-state index in [0.29, 0.717) is 16.5 Å². The first-order chi connectivity index (χ1) is 6.74. The summed E-state index contributed by atoms with van der Waals surface area (Å²) in [6, 6.07) is 0.663. The van der Waals surface area contributed by atoms with Crippen LogP contribution in [0.2, 0.25) is 0 Å². The lowest BCUT2D eigenvalue weighted by Crippen LogP contribution is -2.45. The Kier molecular flexibility index (Phi) is 5.90. The number of hydrogen-bond acceptors (Lipinski definition) is 3. The molecule has 0 saturated carbocycles. The molecular formula is C11H23NOS. The van der Waals surface area contributed by atoms with Gasteiger partial charge in [-0.3, -0.25) is 0 Å². The molecule has 14 heavy (non-hydrogen) atoms. The predicted octanol–water partition coefficient (Wildman–Crippen LogP) is 2.29. The molecule has 1 aliphatic rings. The molecule has 0 spiro atoms. The Balaban J connectivity index is 2.33. The monoisotopic (exact) mass is 217 g/mol. The van der Waals surface area contributed by atoms with Crippen molar-refractivity contribution < 1.29 is 4.74 Å². The number of thioether (sulfide) groups is 1.